The first-order chi connectivity index (χ1) is 7.29. The summed E-state index contributed by atoms with van der Waals surface area (Å²) in [7, 11) is 0. The first-order valence-electron chi connectivity index (χ1n) is 5.38. The number of benzene rings is 1. The zero-order valence-electron chi connectivity index (χ0n) is 9.33. The van der Waals surface area contributed by atoms with Gasteiger partial charge in [-0.15, -0.1) is 0 Å². The lowest BCUT2D eigenvalue weighted by Gasteiger charge is -2.09. The molecule has 0 heteroatoms. The molecule has 0 radical (unpaired) electrons. The van der Waals surface area contributed by atoms with Crippen LogP contribution in [-0.4, -0.2) is 0 Å². The van der Waals surface area contributed by atoms with Gasteiger partial charge in [-0.3, -0.25) is 0 Å². The van der Waals surface area contributed by atoms with E-state index in [2.05, 4.69) is 62.4 Å². The Morgan fingerprint density at radius 3 is 2.50 bits per heavy atom. The molecule has 1 aromatic rings. The summed E-state index contributed by atoms with van der Waals surface area (Å²) < 4.78 is 0. The van der Waals surface area contributed by atoms with Crippen LogP contribution in [-0.2, 0) is 0 Å². The normalized spacial score (nSPS) is 14.6. The van der Waals surface area contributed by atoms with Gasteiger partial charge in [-0.25, -0.2) is 0 Å². The molecule has 0 aromatic heterocycles. The molecule has 16 heavy (non-hydrogen) atoms. The maximum atomic E-state index is 2.21. The van der Waals surface area contributed by atoms with E-state index in [1.165, 1.54) is 22.3 Å². The van der Waals surface area contributed by atoms with Gasteiger partial charge >= 0.3 is 0 Å². The molecule has 0 fully saturated rings. The van der Waals surface area contributed by atoms with Gasteiger partial charge in [0.05, 0.1) is 0 Å². The van der Waals surface area contributed by atoms with Gasteiger partial charge in [-0.2, -0.15) is 0 Å². The molecule has 0 N–H and O–H groups in total. The molecular weight excluding hydrogens is 192 g/mol. The van der Waals surface area contributed by atoms with E-state index in [-0.39, 0.29) is 7.43 Å². The van der Waals surface area contributed by atoms with Crippen LogP contribution < -0.4 is 0 Å². The Hall–Kier alpha value is -1.56. The van der Waals surface area contributed by atoms with Crippen molar-refractivity contribution in [1.82, 2.24) is 0 Å². The maximum Gasteiger partial charge on any atom is -0.0129 e. The number of aryl methyl sites for hydroxylation is 1. The van der Waals surface area contributed by atoms with E-state index in [9.17, 15) is 0 Å². The van der Waals surface area contributed by atoms with Gasteiger partial charge < -0.3 is 0 Å². The standard InChI is InChI=1S/C15H16.CH4/c1-12-8-4-3-5-10-14(12)15-11-7-6-9-13(15)2;/h3-7,9-11H,8H2,1-2H3;1H4. The summed E-state index contributed by atoms with van der Waals surface area (Å²) >= 11 is 0. The smallest absolute Gasteiger partial charge is 0.0129 e. The van der Waals surface area contributed by atoms with E-state index in [1.54, 1.807) is 0 Å². The largest absolute Gasteiger partial charge is 0.0804 e. The molecule has 2 rings (SSSR count). The van der Waals surface area contributed by atoms with Gasteiger partial charge in [-0.05, 0) is 37.0 Å². The predicted octanol–water partition coefficient (Wildman–Crippen LogP) is 4.92. The molecule has 0 bridgehead atoms. The fraction of sp³-hybridized carbons (Fsp3) is 0.250. The van der Waals surface area contributed by atoms with E-state index < -0.39 is 0 Å². The predicted molar refractivity (Wildman–Crippen MR) is 73.4 cm³/mol. The Morgan fingerprint density at radius 2 is 1.75 bits per heavy atom. The molecule has 0 atom stereocenters. The van der Waals surface area contributed by atoms with E-state index >= 15 is 0 Å². The lowest BCUT2D eigenvalue weighted by Crippen LogP contribution is -1.89. The fourth-order valence-electron chi connectivity index (χ4n) is 1.92. The van der Waals surface area contributed by atoms with E-state index in [0.717, 1.165) is 6.42 Å². The fourth-order valence-corrected chi connectivity index (χ4v) is 1.92. The molecule has 0 unspecified atom stereocenters. The Balaban J connectivity index is 0.00000128. The average Bonchev–Trinajstić information content (AvgIpc) is 2.44. The maximum absolute atomic E-state index is 2.21. The Kier molecular flexibility index (Phi) is 4.30. The van der Waals surface area contributed by atoms with E-state index in [1.807, 2.05) is 0 Å². The number of hydrogen-bond acceptors (Lipinski definition) is 0. The van der Waals surface area contributed by atoms with Crippen molar-refractivity contribution in [3.05, 3.63) is 65.3 Å². The highest BCUT2D eigenvalue weighted by Crippen LogP contribution is 2.26. The molecule has 0 spiro atoms. The summed E-state index contributed by atoms with van der Waals surface area (Å²) in [5.41, 5.74) is 5.51. The minimum atomic E-state index is 0. The third-order valence-electron chi connectivity index (χ3n) is 2.83. The third kappa shape index (κ3) is 2.52. The van der Waals surface area contributed by atoms with E-state index in [4.69, 9.17) is 0 Å². The minimum Gasteiger partial charge on any atom is -0.0804 e. The van der Waals surface area contributed by atoms with Crippen LogP contribution in [0, 0.1) is 6.92 Å². The second kappa shape index (κ2) is 5.50. The van der Waals surface area contributed by atoms with Crippen molar-refractivity contribution in [2.24, 2.45) is 0 Å². The van der Waals surface area contributed by atoms with Crippen molar-refractivity contribution in [2.45, 2.75) is 27.7 Å². The SMILES string of the molecule is C.CC1=C(c2ccccc2C)C=CC=CC1. The third-order valence-corrected chi connectivity index (χ3v) is 2.83. The van der Waals surface area contributed by atoms with Gasteiger partial charge in [0.15, 0.2) is 0 Å². The molecule has 0 saturated heterocycles. The first-order valence-corrected chi connectivity index (χ1v) is 5.38. The van der Waals surface area contributed by atoms with Crippen LogP contribution in [0.2, 0.25) is 0 Å². The second-order valence-electron chi connectivity index (χ2n) is 4.00. The Labute approximate surface area is 99.0 Å². The topological polar surface area (TPSA) is 0 Å². The van der Waals surface area contributed by atoms with Crippen molar-refractivity contribution in [3.8, 4) is 0 Å². The van der Waals surface area contributed by atoms with Crippen molar-refractivity contribution in [2.75, 3.05) is 0 Å². The monoisotopic (exact) mass is 212 g/mol. The minimum absolute atomic E-state index is 0. The molecule has 0 aliphatic heterocycles. The van der Waals surface area contributed by atoms with Crippen LogP contribution in [0.25, 0.3) is 5.57 Å². The van der Waals surface area contributed by atoms with Crippen LogP contribution in [0.5, 0.6) is 0 Å². The van der Waals surface area contributed by atoms with Crippen molar-refractivity contribution in [3.63, 3.8) is 0 Å². The highest BCUT2D eigenvalue weighted by Gasteiger charge is 2.05. The summed E-state index contributed by atoms with van der Waals surface area (Å²) in [6, 6.07) is 8.56. The van der Waals surface area contributed by atoms with Crippen molar-refractivity contribution in [1.29, 1.82) is 0 Å². The zero-order chi connectivity index (χ0) is 10.7. The van der Waals surface area contributed by atoms with Crippen LogP contribution in [0.3, 0.4) is 0 Å². The zero-order valence-corrected chi connectivity index (χ0v) is 9.33. The quantitative estimate of drug-likeness (QED) is 0.619. The van der Waals surface area contributed by atoms with Gasteiger partial charge in [0.1, 0.15) is 0 Å². The van der Waals surface area contributed by atoms with Crippen LogP contribution in [0.15, 0.2) is 54.1 Å². The molecular formula is C16H20. The summed E-state index contributed by atoms with van der Waals surface area (Å²) in [6.07, 6.45) is 9.71. The van der Waals surface area contributed by atoms with Crippen LogP contribution >= 0.6 is 0 Å². The molecule has 0 heterocycles. The van der Waals surface area contributed by atoms with Crippen LogP contribution in [0.4, 0.5) is 0 Å². The number of allylic oxidation sites excluding steroid dienone is 6. The average molecular weight is 212 g/mol. The summed E-state index contributed by atoms with van der Waals surface area (Å²) in [5, 5.41) is 0. The second-order valence-corrected chi connectivity index (χ2v) is 4.00. The molecule has 0 saturated carbocycles. The number of hydrogen-bond donors (Lipinski definition) is 0. The molecule has 0 nitrogen and oxygen atoms in total. The molecule has 84 valence electrons. The van der Waals surface area contributed by atoms with Gasteiger partial charge in [0, 0.05) is 0 Å². The van der Waals surface area contributed by atoms with Gasteiger partial charge in [-0.1, -0.05) is 61.6 Å². The molecule has 1 aliphatic carbocycles. The highest BCUT2D eigenvalue weighted by atomic mass is 14.1. The lowest BCUT2D eigenvalue weighted by atomic mass is 9.96. The Morgan fingerprint density at radius 1 is 1.00 bits per heavy atom. The lowest BCUT2D eigenvalue weighted by molar-refractivity contribution is 1.22. The summed E-state index contributed by atoms with van der Waals surface area (Å²) in [5.74, 6) is 0. The summed E-state index contributed by atoms with van der Waals surface area (Å²) in [4.78, 5) is 0. The summed E-state index contributed by atoms with van der Waals surface area (Å²) in [6.45, 7) is 4.38. The Bertz CT molecular complexity index is 445. The first kappa shape index (κ1) is 12.5. The molecule has 0 amide bonds. The van der Waals surface area contributed by atoms with Crippen molar-refractivity contribution < 1.29 is 0 Å². The van der Waals surface area contributed by atoms with Gasteiger partial charge in [0.2, 0.25) is 0 Å². The van der Waals surface area contributed by atoms with Crippen molar-refractivity contribution >= 4 is 5.57 Å². The highest BCUT2D eigenvalue weighted by molar-refractivity contribution is 5.79. The van der Waals surface area contributed by atoms with Crippen LogP contribution in [0.1, 0.15) is 31.9 Å². The van der Waals surface area contributed by atoms with E-state index in [0.29, 0.717) is 0 Å². The van der Waals surface area contributed by atoms with Gasteiger partial charge in [0.25, 0.3) is 0 Å². The number of rotatable bonds is 1. The molecule has 1 aromatic carbocycles. The molecule has 1 aliphatic rings.